The Labute approximate surface area is 173 Å². The number of nitrogens with zero attached hydrogens (tertiary/aromatic N) is 2. The zero-order valence-corrected chi connectivity index (χ0v) is 17.6. The molecule has 8 heteroatoms. The highest BCUT2D eigenvalue weighted by atomic mass is 35.5. The zero-order chi connectivity index (χ0) is 17.9. The molecule has 27 heavy (non-hydrogen) atoms. The van der Waals surface area contributed by atoms with E-state index in [0.717, 1.165) is 49.9 Å². The molecular weight excluding hydrogens is 387 g/mol. The SMILES string of the molecule is CCC(CC)(CN)NC(=O)C1CCN(c2nc3ccccc3o2)CC1.Cl.Cl. The topological polar surface area (TPSA) is 84.4 Å². The number of carbonyl (C=O) groups is 1. The van der Waals surface area contributed by atoms with E-state index in [9.17, 15) is 4.79 Å². The molecule has 1 aliphatic heterocycles. The molecule has 0 atom stereocenters. The van der Waals surface area contributed by atoms with Crippen molar-refractivity contribution in [3.05, 3.63) is 24.3 Å². The van der Waals surface area contributed by atoms with Crippen molar-refractivity contribution in [1.29, 1.82) is 0 Å². The first-order valence-corrected chi connectivity index (χ1v) is 9.23. The molecule has 3 N–H and O–H groups in total. The van der Waals surface area contributed by atoms with Gasteiger partial charge in [-0.2, -0.15) is 4.98 Å². The maximum Gasteiger partial charge on any atom is 0.298 e. The van der Waals surface area contributed by atoms with Gasteiger partial charge in [0.25, 0.3) is 6.01 Å². The Morgan fingerprint density at radius 3 is 2.44 bits per heavy atom. The third-order valence-electron chi connectivity index (χ3n) is 5.55. The lowest BCUT2D eigenvalue weighted by Crippen LogP contribution is -2.55. The zero-order valence-electron chi connectivity index (χ0n) is 15.9. The molecule has 1 aromatic heterocycles. The van der Waals surface area contributed by atoms with E-state index < -0.39 is 0 Å². The number of amides is 1. The van der Waals surface area contributed by atoms with Crippen LogP contribution in [0.25, 0.3) is 11.1 Å². The van der Waals surface area contributed by atoms with Gasteiger partial charge in [-0.3, -0.25) is 4.79 Å². The highest BCUT2D eigenvalue weighted by molar-refractivity contribution is 5.85. The van der Waals surface area contributed by atoms with Crippen LogP contribution < -0.4 is 16.0 Å². The van der Waals surface area contributed by atoms with Crippen LogP contribution in [0.3, 0.4) is 0 Å². The molecule has 1 aromatic carbocycles. The highest BCUT2D eigenvalue weighted by Gasteiger charge is 2.32. The molecule has 2 heterocycles. The number of carbonyl (C=O) groups excluding carboxylic acids is 1. The molecular formula is C19H30Cl2N4O2. The number of nitrogens with one attached hydrogen (secondary N) is 1. The number of nitrogens with two attached hydrogens (primary N) is 1. The summed E-state index contributed by atoms with van der Waals surface area (Å²) < 4.78 is 5.83. The van der Waals surface area contributed by atoms with Crippen molar-refractivity contribution in [3.8, 4) is 0 Å². The fourth-order valence-corrected chi connectivity index (χ4v) is 3.46. The predicted molar refractivity (Wildman–Crippen MR) is 114 cm³/mol. The van der Waals surface area contributed by atoms with E-state index in [4.69, 9.17) is 10.2 Å². The van der Waals surface area contributed by atoms with E-state index in [1.165, 1.54) is 0 Å². The first-order chi connectivity index (χ1) is 12.1. The number of benzene rings is 1. The average molecular weight is 417 g/mol. The molecule has 3 rings (SSSR count). The van der Waals surface area contributed by atoms with E-state index >= 15 is 0 Å². The maximum atomic E-state index is 12.7. The lowest BCUT2D eigenvalue weighted by molar-refractivity contribution is -0.127. The molecule has 0 aliphatic carbocycles. The summed E-state index contributed by atoms with van der Waals surface area (Å²) in [7, 11) is 0. The van der Waals surface area contributed by atoms with Gasteiger partial charge in [0.05, 0.1) is 5.54 Å². The molecule has 152 valence electrons. The third-order valence-corrected chi connectivity index (χ3v) is 5.55. The monoisotopic (exact) mass is 416 g/mol. The van der Waals surface area contributed by atoms with Crippen LogP contribution in [0.4, 0.5) is 6.01 Å². The van der Waals surface area contributed by atoms with Crippen LogP contribution in [0.1, 0.15) is 39.5 Å². The second kappa shape index (κ2) is 10.2. The van der Waals surface area contributed by atoms with Crippen molar-refractivity contribution in [1.82, 2.24) is 10.3 Å². The number of fused-ring (bicyclic) bond motifs is 1. The van der Waals surface area contributed by atoms with Crippen LogP contribution in [0, 0.1) is 5.92 Å². The molecule has 0 saturated carbocycles. The van der Waals surface area contributed by atoms with E-state index in [2.05, 4.69) is 29.0 Å². The predicted octanol–water partition coefficient (Wildman–Crippen LogP) is 3.52. The van der Waals surface area contributed by atoms with Crippen LogP contribution in [-0.4, -0.2) is 36.1 Å². The van der Waals surface area contributed by atoms with Gasteiger partial charge in [0, 0.05) is 25.6 Å². The van der Waals surface area contributed by atoms with Crippen LogP contribution in [0.5, 0.6) is 0 Å². The Bertz CT molecular complexity index is 684. The maximum absolute atomic E-state index is 12.7. The van der Waals surface area contributed by atoms with Crippen LogP contribution >= 0.6 is 24.8 Å². The summed E-state index contributed by atoms with van der Waals surface area (Å²) in [5, 5.41) is 3.20. The molecule has 0 bridgehead atoms. The summed E-state index contributed by atoms with van der Waals surface area (Å²) in [4.78, 5) is 19.3. The van der Waals surface area contributed by atoms with Gasteiger partial charge in [0.2, 0.25) is 5.91 Å². The molecule has 6 nitrogen and oxygen atoms in total. The van der Waals surface area contributed by atoms with Crippen molar-refractivity contribution < 1.29 is 9.21 Å². The van der Waals surface area contributed by atoms with Crippen LogP contribution in [-0.2, 0) is 4.79 Å². The van der Waals surface area contributed by atoms with Crippen molar-refractivity contribution in [2.24, 2.45) is 11.7 Å². The number of oxazole rings is 1. The van der Waals surface area contributed by atoms with Gasteiger partial charge < -0.3 is 20.4 Å². The average Bonchev–Trinajstić information content (AvgIpc) is 3.10. The summed E-state index contributed by atoms with van der Waals surface area (Å²) in [6, 6.07) is 8.42. The van der Waals surface area contributed by atoms with E-state index in [1.54, 1.807) is 0 Å². The Hall–Kier alpha value is -1.50. The lowest BCUT2D eigenvalue weighted by atomic mass is 9.90. The minimum atomic E-state index is -0.269. The van der Waals surface area contributed by atoms with Gasteiger partial charge >= 0.3 is 0 Å². The quantitative estimate of drug-likeness (QED) is 0.751. The van der Waals surface area contributed by atoms with Gasteiger partial charge in [0.15, 0.2) is 5.58 Å². The Morgan fingerprint density at radius 1 is 1.26 bits per heavy atom. The summed E-state index contributed by atoms with van der Waals surface area (Å²) in [6.45, 7) is 6.18. The number of hydrogen-bond acceptors (Lipinski definition) is 5. The highest BCUT2D eigenvalue weighted by Crippen LogP contribution is 2.27. The van der Waals surface area contributed by atoms with E-state index in [1.807, 2.05) is 24.3 Å². The van der Waals surface area contributed by atoms with Crippen LogP contribution in [0.2, 0.25) is 0 Å². The van der Waals surface area contributed by atoms with Crippen LogP contribution in [0.15, 0.2) is 28.7 Å². The van der Waals surface area contributed by atoms with E-state index in [0.29, 0.717) is 12.6 Å². The Balaban J connectivity index is 0.00000182. The first-order valence-electron chi connectivity index (χ1n) is 9.23. The molecule has 1 aliphatic rings. The Morgan fingerprint density at radius 2 is 1.89 bits per heavy atom. The molecule has 1 amide bonds. The van der Waals surface area contributed by atoms with Gasteiger partial charge in [-0.15, -0.1) is 24.8 Å². The number of para-hydroxylation sites is 2. The lowest BCUT2D eigenvalue weighted by Gasteiger charge is -2.35. The number of halogens is 2. The Kier molecular flexibility index (Phi) is 8.85. The third kappa shape index (κ3) is 5.06. The summed E-state index contributed by atoms with van der Waals surface area (Å²) >= 11 is 0. The first kappa shape index (κ1) is 23.5. The van der Waals surface area contributed by atoms with Crippen molar-refractivity contribution in [3.63, 3.8) is 0 Å². The molecule has 1 saturated heterocycles. The van der Waals surface area contributed by atoms with Gasteiger partial charge in [-0.1, -0.05) is 26.0 Å². The largest absolute Gasteiger partial charge is 0.423 e. The number of piperidine rings is 1. The smallest absolute Gasteiger partial charge is 0.298 e. The summed E-state index contributed by atoms with van der Waals surface area (Å²) in [5.74, 6) is 0.163. The van der Waals surface area contributed by atoms with Gasteiger partial charge in [-0.05, 0) is 37.8 Å². The second-order valence-electron chi connectivity index (χ2n) is 6.91. The van der Waals surface area contributed by atoms with E-state index in [-0.39, 0.29) is 42.2 Å². The standard InChI is InChI=1S/C19H28N4O2.2ClH/c1-3-19(4-2,13-20)22-17(24)14-9-11-23(12-10-14)18-21-15-7-5-6-8-16(15)25-18;;/h5-8,14H,3-4,9-13,20H2,1-2H3,(H,22,24);2*1H. The van der Waals surface area contributed by atoms with Crippen molar-refractivity contribution >= 4 is 47.8 Å². The van der Waals surface area contributed by atoms with Gasteiger partial charge in [0.1, 0.15) is 5.52 Å². The summed E-state index contributed by atoms with van der Waals surface area (Å²) in [6.07, 6.45) is 3.32. The molecule has 0 radical (unpaired) electrons. The second-order valence-corrected chi connectivity index (χ2v) is 6.91. The molecule has 0 spiro atoms. The van der Waals surface area contributed by atoms with Crippen molar-refractivity contribution in [2.75, 3.05) is 24.5 Å². The number of anilines is 1. The summed E-state index contributed by atoms with van der Waals surface area (Å²) in [5.41, 5.74) is 7.30. The minimum Gasteiger partial charge on any atom is -0.423 e. The number of rotatable bonds is 6. The minimum absolute atomic E-state index is 0. The normalized spacial score (nSPS) is 15.1. The number of aromatic nitrogens is 1. The molecule has 1 fully saturated rings. The molecule has 2 aromatic rings. The fourth-order valence-electron chi connectivity index (χ4n) is 3.46. The van der Waals surface area contributed by atoms with Crippen molar-refractivity contribution in [2.45, 2.75) is 45.1 Å². The fraction of sp³-hybridized carbons (Fsp3) is 0.579. The van der Waals surface area contributed by atoms with Gasteiger partial charge in [-0.25, -0.2) is 0 Å². The molecule has 0 unspecified atom stereocenters. The number of hydrogen-bond donors (Lipinski definition) is 2.